The minimum absolute atomic E-state index is 0.0281. The van der Waals surface area contributed by atoms with Gasteiger partial charge in [0, 0.05) is 51.3 Å². The van der Waals surface area contributed by atoms with Gasteiger partial charge in [-0.05, 0) is 25.0 Å². The zero-order valence-electron chi connectivity index (χ0n) is 15.6. The van der Waals surface area contributed by atoms with Crippen molar-refractivity contribution >= 4 is 17.7 Å². The summed E-state index contributed by atoms with van der Waals surface area (Å²) in [5, 5.41) is 0. The monoisotopic (exact) mass is 357 g/mol. The molecular formula is C20H27N3O3. The molecule has 0 N–H and O–H groups in total. The van der Waals surface area contributed by atoms with Crippen molar-refractivity contribution in [2.24, 2.45) is 5.92 Å². The van der Waals surface area contributed by atoms with Crippen LogP contribution in [0.4, 0.5) is 0 Å². The lowest BCUT2D eigenvalue weighted by atomic mass is 10.1. The van der Waals surface area contributed by atoms with E-state index in [0.29, 0.717) is 39.1 Å². The third-order valence-electron chi connectivity index (χ3n) is 5.31. The van der Waals surface area contributed by atoms with E-state index >= 15 is 0 Å². The highest BCUT2D eigenvalue weighted by Gasteiger charge is 2.37. The molecule has 2 aliphatic heterocycles. The zero-order valence-corrected chi connectivity index (χ0v) is 15.6. The van der Waals surface area contributed by atoms with E-state index in [1.165, 1.54) is 0 Å². The van der Waals surface area contributed by atoms with Gasteiger partial charge in [-0.25, -0.2) is 0 Å². The van der Waals surface area contributed by atoms with E-state index in [2.05, 4.69) is 0 Å². The fourth-order valence-electron chi connectivity index (χ4n) is 3.79. The molecule has 140 valence electrons. The molecule has 1 aromatic carbocycles. The lowest BCUT2D eigenvalue weighted by Crippen LogP contribution is -2.52. The molecule has 6 nitrogen and oxygen atoms in total. The Balaban J connectivity index is 1.55. The fraction of sp³-hybridized carbons (Fsp3) is 0.550. The molecule has 2 heterocycles. The van der Waals surface area contributed by atoms with Crippen LogP contribution in [0.5, 0.6) is 0 Å². The first-order valence-corrected chi connectivity index (χ1v) is 9.42. The maximum absolute atomic E-state index is 12.7. The molecule has 0 bridgehead atoms. The molecule has 26 heavy (non-hydrogen) atoms. The van der Waals surface area contributed by atoms with Crippen LogP contribution in [-0.2, 0) is 9.59 Å². The van der Waals surface area contributed by atoms with Gasteiger partial charge in [0.25, 0.3) is 5.91 Å². The van der Waals surface area contributed by atoms with Gasteiger partial charge in [0.2, 0.25) is 11.8 Å². The van der Waals surface area contributed by atoms with Crippen LogP contribution < -0.4 is 0 Å². The predicted molar refractivity (Wildman–Crippen MR) is 98.6 cm³/mol. The number of likely N-dealkylation sites (tertiary alicyclic amines) is 1. The summed E-state index contributed by atoms with van der Waals surface area (Å²) in [6, 6.07) is 7.58. The highest BCUT2D eigenvalue weighted by molar-refractivity contribution is 5.96. The molecule has 0 aromatic heterocycles. The Morgan fingerprint density at radius 1 is 1.08 bits per heavy atom. The second-order valence-electron chi connectivity index (χ2n) is 7.17. The first-order chi connectivity index (χ1) is 12.5. The standard InChI is InChI=1S/C20H27N3O3/c1-3-8-23-14-16(13-18(23)24)19(25)21-9-11-22(12-10-21)20(26)17-7-5-4-6-15(17)2/h4-7,16H,3,8-14H2,1-2H3. The van der Waals surface area contributed by atoms with Gasteiger partial charge in [0.05, 0.1) is 5.92 Å². The van der Waals surface area contributed by atoms with Crippen LogP contribution in [0.15, 0.2) is 24.3 Å². The molecule has 2 saturated heterocycles. The highest BCUT2D eigenvalue weighted by Crippen LogP contribution is 2.21. The quantitative estimate of drug-likeness (QED) is 0.821. The smallest absolute Gasteiger partial charge is 0.254 e. The Bertz CT molecular complexity index is 695. The maximum Gasteiger partial charge on any atom is 0.254 e. The van der Waals surface area contributed by atoms with Crippen LogP contribution in [-0.4, -0.2) is 71.7 Å². The van der Waals surface area contributed by atoms with Crippen LogP contribution >= 0.6 is 0 Å². The normalized spacial score (nSPS) is 20.6. The number of amides is 3. The maximum atomic E-state index is 12.7. The lowest BCUT2D eigenvalue weighted by molar-refractivity contribution is -0.137. The second-order valence-corrected chi connectivity index (χ2v) is 7.17. The van der Waals surface area contributed by atoms with E-state index in [4.69, 9.17) is 0 Å². The summed E-state index contributed by atoms with van der Waals surface area (Å²) < 4.78 is 0. The number of nitrogens with zero attached hydrogens (tertiary/aromatic N) is 3. The molecule has 2 fully saturated rings. The van der Waals surface area contributed by atoms with Gasteiger partial charge in [0.1, 0.15) is 0 Å². The molecule has 0 radical (unpaired) electrons. The van der Waals surface area contributed by atoms with Crippen LogP contribution in [0.2, 0.25) is 0 Å². The van der Waals surface area contributed by atoms with E-state index < -0.39 is 0 Å². The third-order valence-corrected chi connectivity index (χ3v) is 5.31. The first kappa shape index (κ1) is 18.4. The molecule has 6 heteroatoms. The SMILES string of the molecule is CCCN1CC(C(=O)N2CCN(C(=O)c3ccccc3C)CC2)CC1=O. The van der Waals surface area contributed by atoms with Gasteiger partial charge in [-0.3, -0.25) is 14.4 Å². The average molecular weight is 357 g/mol. The Morgan fingerprint density at radius 2 is 1.73 bits per heavy atom. The zero-order chi connectivity index (χ0) is 18.7. The van der Waals surface area contributed by atoms with Crippen molar-refractivity contribution in [3.05, 3.63) is 35.4 Å². The molecule has 1 unspecified atom stereocenters. The topological polar surface area (TPSA) is 60.9 Å². The Labute approximate surface area is 154 Å². The summed E-state index contributed by atoms with van der Waals surface area (Å²) in [5.41, 5.74) is 1.69. The number of hydrogen-bond donors (Lipinski definition) is 0. The van der Waals surface area contributed by atoms with Gasteiger partial charge in [-0.2, -0.15) is 0 Å². The van der Waals surface area contributed by atoms with Crippen molar-refractivity contribution < 1.29 is 14.4 Å². The number of benzene rings is 1. The predicted octanol–water partition coefficient (Wildman–Crippen LogP) is 1.54. The summed E-state index contributed by atoms with van der Waals surface area (Å²) in [7, 11) is 0. The number of piperazine rings is 1. The fourth-order valence-corrected chi connectivity index (χ4v) is 3.79. The minimum atomic E-state index is -0.229. The number of aryl methyl sites for hydroxylation is 1. The molecular weight excluding hydrogens is 330 g/mol. The van der Waals surface area contributed by atoms with Gasteiger partial charge < -0.3 is 14.7 Å². The van der Waals surface area contributed by atoms with Crippen LogP contribution in [0, 0.1) is 12.8 Å². The highest BCUT2D eigenvalue weighted by atomic mass is 16.2. The molecule has 2 aliphatic rings. The largest absolute Gasteiger partial charge is 0.342 e. The van der Waals surface area contributed by atoms with Crippen LogP contribution in [0.3, 0.4) is 0 Å². The summed E-state index contributed by atoms with van der Waals surface area (Å²) in [6.45, 7) is 7.38. The average Bonchev–Trinajstić information content (AvgIpc) is 3.02. The van der Waals surface area contributed by atoms with Crippen LogP contribution in [0.1, 0.15) is 35.7 Å². The van der Waals surface area contributed by atoms with Gasteiger partial charge in [-0.15, -0.1) is 0 Å². The number of rotatable bonds is 4. The minimum Gasteiger partial charge on any atom is -0.342 e. The van der Waals surface area contributed by atoms with Crippen molar-refractivity contribution in [1.82, 2.24) is 14.7 Å². The first-order valence-electron chi connectivity index (χ1n) is 9.42. The van der Waals surface area contributed by atoms with Gasteiger partial charge in [0.15, 0.2) is 0 Å². The summed E-state index contributed by atoms with van der Waals surface area (Å²) >= 11 is 0. The summed E-state index contributed by atoms with van der Waals surface area (Å²) in [6.07, 6.45) is 1.23. The van der Waals surface area contributed by atoms with Crippen molar-refractivity contribution in [2.75, 3.05) is 39.3 Å². The number of carbonyl (C=O) groups is 3. The van der Waals surface area contributed by atoms with E-state index in [1.54, 1.807) is 4.90 Å². The molecule has 1 atom stereocenters. The third kappa shape index (κ3) is 3.74. The van der Waals surface area contributed by atoms with Crippen molar-refractivity contribution in [2.45, 2.75) is 26.7 Å². The van der Waals surface area contributed by atoms with Gasteiger partial charge >= 0.3 is 0 Å². The second kappa shape index (κ2) is 7.89. The van der Waals surface area contributed by atoms with Crippen molar-refractivity contribution in [1.29, 1.82) is 0 Å². The molecule has 3 amide bonds. The summed E-state index contributed by atoms with van der Waals surface area (Å²) in [5.74, 6) is -0.0634. The lowest BCUT2D eigenvalue weighted by Gasteiger charge is -2.36. The van der Waals surface area contributed by atoms with E-state index in [0.717, 1.165) is 24.1 Å². The Morgan fingerprint density at radius 3 is 2.38 bits per heavy atom. The summed E-state index contributed by atoms with van der Waals surface area (Å²) in [4.78, 5) is 42.8. The van der Waals surface area contributed by atoms with E-state index in [9.17, 15) is 14.4 Å². The molecule has 1 aromatic rings. The Hall–Kier alpha value is -2.37. The number of carbonyl (C=O) groups excluding carboxylic acids is 3. The number of hydrogen-bond acceptors (Lipinski definition) is 3. The van der Waals surface area contributed by atoms with Crippen molar-refractivity contribution in [3.8, 4) is 0 Å². The molecule has 3 rings (SSSR count). The molecule has 0 saturated carbocycles. The van der Waals surface area contributed by atoms with Crippen LogP contribution in [0.25, 0.3) is 0 Å². The van der Waals surface area contributed by atoms with E-state index in [-0.39, 0.29) is 23.6 Å². The van der Waals surface area contributed by atoms with Gasteiger partial charge in [-0.1, -0.05) is 25.1 Å². The molecule has 0 aliphatic carbocycles. The molecule has 0 spiro atoms. The Kier molecular flexibility index (Phi) is 5.59. The van der Waals surface area contributed by atoms with Crippen molar-refractivity contribution in [3.63, 3.8) is 0 Å². The van der Waals surface area contributed by atoms with E-state index in [1.807, 2.05) is 47.9 Å².